The van der Waals surface area contributed by atoms with E-state index in [1.54, 1.807) is 7.11 Å². The third-order valence-electron chi connectivity index (χ3n) is 4.05. The number of hydrogen-bond acceptors (Lipinski definition) is 4. The van der Waals surface area contributed by atoms with Crippen molar-refractivity contribution in [1.29, 1.82) is 0 Å². The van der Waals surface area contributed by atoms with Gasteiger partial charge in [-0.05, 0) is 58.9 Å². The molecule has 114 valence electrons. The van der Waals surface area contributed by atoms with Gasteiger partial charge >= 0.3 is 0 Å². The van der Waals surface area contributed by atoms with Crippen molar-refractivity contribution in [2.75, 3.05) is 13.7 Å². The molecule has 0 fully saturated rings. The van der Waals surface area contributed by atoms with Gasteiger partial charge in [-0.2, -0.15) is 0 Å². The summed E-state index contributed by atoms with van der Waals surface area (Å²) < 4.78 is 5.61. The van der Waals surface area contributed by atoms with Crippen molar-refractivity contribution >= 4 is 11.3 Å². The SMILES string of the molecule is CCCNC(CC(C)(C)OC)c1nc2c(s1)CCCC2. The minimum Gasteiger partial charge on any atom is -0.379 e. The number of methoxy groups -OCH3 is 1. The van der Waals surface area contributed by atoms with Crippen LogP contribution < -0.4 is 5.32 Å². The van der Waals surface area contributed by atoms with Gasteiger partial charge in [0.1, 0.15) is 5.01 Å². The van der Waals surface area contributed by atoms with Crippen LogP contribution in [0.5, 0.6) is 0 Å². The van der Waals surface area contributed by atoms with Gasteiger partial charge in [0.25, 0.3) is 0 Å². The molecule has 3 nitrogen and oxygen atoms in total. The van der Waals surface area contributed by atoms with Gasteiger partial charge in [-0.3, -0.25) is 0 Å². The predicted octanol–water partition coefficient (Wildman–Crippen LogP) is 3.88. The van der Waals surface area contributed by atoms with E-state index < -0.39 is 0 Å². The average molecular weight is 296 g/mol. The van der Waals surface area contributed by atoms with Gasteiger partial charge in [-0.25, -0.2) is 4.98 Å². The number of rotatable bonds is 7. The summed E-state index contributed by atoms with van der Waals surface area (Å²) in [6.45, 7) is 7.55. The van der Waals surface area contributed by atoms with E-state index in [1.165, 1.54) is 41.3 Å². The quantitative estimate of drug-likeness (QED) is 0.829. The molecule has 1 N–H and O–H groups in total. The Labute approximate surface area is 127 Å². The molecule has 1 atom stereocenters. The minimum atomic E-state index is -0.114. The molecule has 1 aromatic heterocycles. The van der Waals surface area contributed by atoms with Crippen molar-refractivity contribution in [3.63, 3.8) is 0 Å². The lowest BCUT2D eigenvalue weighted by Gasteiger charge is -2.28. The second kappa shape index (κ2) is 7.01. The molecule has 20 heavy (non-hydrogen) atoms. The Hall–Kier alpha value is -0.450. The number of hydrogen-bond donors (Lipinski definition) is 1. The van der Waals surface area contributed by atoms with E-state index in [0.717, 1.165) is 19.4 Å². The highest BCUT2D eigenvalue weighted by molar-refractivity contribution is 7.11. The van der Waals surface area contributed by atoms with Gasteiger partial charge < -0.3 is 10.1 Å². The summed E-state index contributed by atoms with van der Waals surface area (Å²) in [6.07, 6.45) is 7.13. The highest BCUT2D eigenvalue weighted by atomic mass is 32.1. The first kappa shape index (κ1) is 15.9. The first-order chi connectivity index (χ1) is 9.55. The van der Waals surface area contributed by atoms with E-state index in [-0.39, 0.29) is 5.60 Å². The maximum Gasteiger partial charge on any atom is 0.110 e. The zero-order valence-electron chi connectivity index (χ0n) is 13.3. The molecule has 1 aliphatic rings. The molecular formula is C16H28N2OS. The van der Waals surface area contributed by atoms with Crippen molar-refractivity contribution in [2.45, 2.75) is 70.9 Å². The highest BCUT2D eigenvalue weighted by Crippen LogP contribution is 2.33. The van der Waals surface area contributed by atoms with Gasteiger partial charge in [0.15, 0.2) is 0 Å². The van der Waals surface area contributed by atoms with Crippen LogP contribution in [0.2, 0.25) is 0 Å². The van der Waals surface area contributed by atoms with Crippen molar-refractivity contribution in [3.05, 3.63) is 15.6 Å². The summed E-state index contributed by atoms with van der Waals surface area (Å²) >= 11 is 1.92. The largest absolute Gasteiger partial charge is 0.379 e. The Morgan fingerprint density at radius 2 is 2.10 bits per heavy atom. The molecule has 0 saturated heterocycles. The normalized spacial score (nSPS) is 17.0. The molecule has 2 rings (SSSR count). The first-order valence-corrected chi connectivity index (χ1v) is 8.64. The van der Waals surface area contributed by atoms with E-state index in [0.29, 0.717) is 6.04 Å². The third kappa shape index (κ3) is 4.03. The van der Waals surface area contributed by atoms with E-state index in [2.05, 4.69) is 26.1 Å². The van der Waals surface area contributed by atoms with Gasteiger partial charge in [0.05, 0.1) is 17.3 Å². The number of aromatic nitrogens is 1. The van der Waals surface area contributed by atoms with E-state index in [1.807, 2.05) is 11.3 Å². The van der Waals surface area contributed by atoms with Crippen LogP contribution >= 0.6 is 11.3 Å². The van der Waals surface area contributed by atoms with Crippen molar-refractivity contribution in [3.8, 4) is 0 Å². The lowest BCUT2D eigenvalue weighted by Crippen LogP contribution is -2.32. The molecule has 0 bridgehead atoms. The van der Waals surface area contributed by atoms with Crippen LogP contribution in [0.4, 0.5) is 0 Å². The Kier molecular flexibility index (Phi) is 5.58. The molecule has 0 radical (unpaired) electrons. The second-order valence-corrected chi connectivity index (χ2v) is 7.42. The molecule has 1 aromatic rings. The lowest BCUT2D eigenvalue weighted by atomic mass is 9.98. The number of nitrogens with one attached hydrogen (secondary N) is 1. The van der Waals surface area contributed by atoms with Crippen molar-refractivity contribution in [1.82, 2.24) is 10.3 Å². The van der Waals surface area contributed by atoms with Gasteiger partial charge in [0, 0.05) is 12.0 Å². The molecule has 1 aliphatic carbocycles. The molecule has 0 saturated carbocycles. The van der Waals surface area contributed by atoms with Crippen LogP contribution in [0.15, 0.2) is 0 Å². The minimum absolute atomic E-state index is 0.114. The fraction of sp³-hybridized carbons (Fsp3) is 0.812. The molecule has 0 spiro atoms. The van der Waals surface area contributed by atoms with E-state index in [9.17, 15) is 0 Å². The Bertz CT molecular complexity index is 405. The second-order valence-electron chi connectivity index (χ2n) is 6.30. The topological polar surface area (TPSA) is 34.1 Å². The van der Waals surface area contributed by atoms with E-state index >= 15 is 0 Å². The van der Waals surface area contributed by atoms with Crippen LogP contribution in [0.3, 0.4) is 0 Å². The molecule has 0 aliphatic heterocycles. The number of fused-ring (bicyclic) bond motifs is 1. The highest BCUT2D eigenvalue weighted by Gasteiger charge is 2.27. The molecule has 1 heterocycles. The number of ether oxygens (including phenoxy) is 1. The molecular weight excluding hydrogens is 268 g/mol. The Balaban J connectivity index is 2.14. The van der Waals surface area contributed by atoms with Crippen LogP contribution in [0.25, 0.3) is 0 Å². The number of thiazole rings is 1. The van der Waals surface area contributed by atoms with Crippen LogP contribution in [0, 0.1) is 0 Å². The van der Waals surface area contributed by atoms with Gasteiger partial charge in [-0.15, -0.1) is 11.3 Å². The van der Waals surface area contributed by atoms with Crippen LogP contribution in [-0.4, -0.2) is 24.2 Å². The molecule has 1 unspecified atom stereocenters. The zero-order chi connectivity index (χ0) is 14.6. The maximum absolute atomic E-state index is 5.61. The summed E-state index contributed by atoms with van der Waals surface area (Å²) in [5.74, 6) is 0. The monoisotopic (exact) mass is 296 g/mol. The summed E-state index contributed by atoms with van der Waals surface area (Å²) in [7, 11) is 1.80. The van der Waals surface area contributed by atoms with Crippen LogP contribution in [-0.2, 0) is 17.6 Å². The molecule has 4 heteroatoms. The molecule has 0 aromatic carbocycles. The summed E-state index contributed by atoms with van der Waals surface area (Å²) in [6, 6.07) is 0.320. The first-order valence-electron chi connectivity index (χ1n) is 7.82. The van der Waals surface area contributed by atoms with Crippen molar-refractivity contribution < 1.29 is 4.74 Å². The van der Waals surface area contributed by atoms with E-state index in [4.69, 9.17) is 9.72 Å². The summed E-state index contributed by atoms with van der Waals surface area (Å²) in [4.78, 5) is 6.44. The summed E-state index contributed by atoms with van der Waals surface area (Å²) in [5.41, 5.74) is 1.24. The third-order valence-corrected chi connectivity index (χ3v) is 5.32. The fourth-order valence-electron chi connectivity index (χ4n) is 2.66. The lowest BCUT2D eigenvalue weighted by molar-refractivity contribution is 0.00682. The Morgan fingerprint density at radius 3 is 2.75 bits per heavy atom. The number of nitrogens with zero attached hydrogens (tertiary/aromatic N) is 1. The van der Waals surface area contributed by atoms with Gasteiger partial charge in [0.2, 0.25) is 0 Å². The fourth-order valence-corrected chi connectivity index (χ4v) is 3.89. The molecule has 0 amide bonds. The predicted molar refractivity (Wildman–Crippen MR) is 85.5 cm³/mol. The summed E-state index contributed by atoms with van der Waals surface area (Å²) in [5, 5.41) is 4.91. The van der Waals surface area contributed by atoms with Crippen LogP contribution in [0.1, 0.15) is 68.1 Å². The number of aryl methyl sites for hydroxylation is 2. The zero-order valence-corrected chi connectivity index (χ0v) is 14.1. The van der Waals surface area contributed by atoms with Crippen molar-refractivity contribution in [2.24, 2.45) is 0 Å². The standard InChI is InChI=1S/C16H28N2OS/c1-5-10-17-13(11-16(2,3)19-4)15-18-12-8-6-7-9-14(12)20-15/h13,17H,5-11H2,1-4H3. The maximum atomic E-state index is 5.61. The average Bonchev–Trinajstić information content (AvgIpc) is 2.87. The van der Waals surface area contributed by atoms with Gasteiger partial charge in [-0.1, -0.05) is 6.92 Å². The Morgan fingerprint density at radius 1 is 1.35 bits per heavy atom. The smallest absolute Gasteiger partial charge is 0.110 e.